The molecule has 28 heavy (non-hydrogen) atoms. The second-order valence-corrected chi connectivity index (χ2v) is 7.82. The lowest BCUT2D eigenvalue weighted by molar-refractivity contribution is -0.137. The van der Waals surface area contributed by atoms with Crippen molar-refractivity contribution >= 4 is 17.4 Å². The van der Waals surface area contributed by atoms with Gasteiger partial charge in [-0.1, -0.05) is 22.7 Å². The van der Waals surface area contributed by atoms with Gasteiger partial charge in [-0.3, -0.25) is 4.79 Å². The van der Waals surface area contributed by atoms with Crippen LogP contribution >= 0.6 is 11.5 Å². The maximum atomic E-state index is 12.8. The third-order valence-corrected chi connectivity index (χ3v) is 5.64. The van der Waals surface area contributed by atoms with Gasteiger partial charge in [0, 0.05) is 25.5 Å². The molecule has 0 aliphatic carbocycles. The summed E-state index contributed by atoms with van der Waals surface area (Å²) in [6.45, 7) is 3.21. The molecule has 1 saturated heterocycles. The maximum Gasteiger partial charge on any atom is 0.416 e. The molecular formula is C19H23F3N4OS. The first-order chi connectivity index (χ1) is 13.3. The molecule has 152 valence electrons. The van der Waals surface area contributed by atoms with E-state index in [1.165, 1.54) is 12.1 Å². The number of hydrogen-bond acceptors (Lipinski definition) is 5. The standard InChI is InChI=1S/C19H23F3N4OS/c1-25(18(27)17-13-28-24-23-17)12-15-6-9-26(10-7-15)8-5-14-3-2-4-16(11-14)19(20,21)22/h2-4,11,13,15H,5-10,12H2,1H3. The van der Waals surface area contributed by atoms with E-state index >= 15 is 0 Å². The Balaban J connectivity index is 1.43. The molecule has 1 aromatic carbocycles. The molecule has 9 heteroatoms. The maximum absolute atomic E-state index is 12.8. The van der Waals surface area contributed by atoms with E-state index in [1.807, 2.05) is 0 Å². The smallest absolute Gasteiger partial charge is 0.340 e. The molecule has 0 N–H and O–H groups in total. The number of benzene rings is 1. The lowest BCUT2D eigenvalue weighted by Gasteiger charge is -2.33. The van der Waals surface area contributed by atoms with Crippen molar-refractivity contribution in [2.75, 3.05) is 33.2 Å². The first-order valence-electron chi connectivity index (χ1n) is 9.24. The zero-order valence-electron chi connectivity index (χ0n) is 15.7. The molecule has 3 rings (SSSR count). The van der Waals surface area contributed by atoms with E-state index in [-0.39, 0.29) is 5.91 Å². The molecule has 0 spiro atoms. The fourth-order valence-electron chi connectivity index (χ4n) is 3.51. The van der Waals surface area contributed by atoms with Crippen LogP contribution in [0.2, 0.25) is 0 Å². The topological polar surface area (TPSA) is 49.3 Å². The van der Waals surface area contributed by atoms with Gasteiger partial charge in [-0.05, 0) is 61.4 Å². The Morgan fingerprint density at radius 1 is 1.32 bits per heavy atom. The zero-order chi connectivity index (χ0) is 20.1. The van der Waals surface area contributed by atoms with Gasteiger partial charge in [0.2, 0.25) is 0 Å². The third-order valence-electron chi connectivity index (χ3n) is 5.14. The monoisotopic (exact) mass is 412 g/mol. The Labute approximate surface area is 166 Å². The average molecular weight is 412 g/mol. The van der Waals surface area contributed by atoms with Crippen LogP contribution in [0.15, 0.2) is 29.6 Å². The van der Waals surface area contributed by atoms with Crippen molar-refractivity contribution in [2.24, 2.45) is 5.92 Å². The molecule has 1 amide bonds. The van der Waals surface area contributed by atoms with Crippen molar-refractivity contribution in [2.45, 2.75) is 25.4 Å². The van der Waals surface area contributed by atoms with E-state index in [0.717, 1.165) is 50.1 Å². The highest BCUT2D eigenvalue weighted by atomic mass is 32.1. The summed E-state index contributed by atoms with van der Waals surface area (Å²) < 4.78 is 42.2. The summed E-state index contributed by atoms with van der Waals surface area (Å²) >= 11 is 1.16. The van der Waals surface area contributed by atoms with Gasteiger partial charge in [0.1, 0.15) is 0 Å². The van der Waals surface area contributed by atoms with Crippen LogP contribution < -0.4 is 0 Å². The minimum absolute atomic E-state index is 0.110. The lowest BCUT2D eigenvalue weighted by atomic mass is 9.96. The summed E-state index contributed by atoms with van der Waals surface area (Å²) in [5.41, 5.74) is 0.497. The molecule has 1 fully saturated rings. The van der Waals surface area contributed by atoms with E-state index in [1.54, 1.807) is 23.4 Å². The number of amides is 1. The van der Waals surface area contributed by atoms with Crippen LogP contribution in [0.3, 0.4) is 0 Å². The van der Waals surface area contributed by atoms with Crippen LogP contribution in [0.5, 0.6) is 0 Å². The van der Waals surface area contributed by atoms with Crippen LogP contribution in [0.4, 0.5) is 13.2 Å². The predicted octanol–water partition coefficient (Wildman–Crippen LogP) is 3.58. The van der Waals surface area contributed by atoms with E-state index in [2.05, 4.69) is 14.5 Å². The predicted molar refractivity (Wildman–Crippen MR) is 101 cm³/mol. The Morgan fingerprint density at radius 2 is 2.07 bits per heavy atom. The van der Waals surface area contributed by atoms with Crippen molar-refractivity contribution in [3.05, 3.63) is 46.5 Å². The minimum atomic E-state index is -4.30. The fraction of sp³-hybridized carbons (Fsp3) is 0.526. The largest absolute Gasteiger partial charge is 0.416 e. The SMILES string of the molecule is CN(CC1CCN(CCc2cccc(C(F)(F)F)c2)CC1)C(=O)c1csnn1. The molecule has 0 atom stereocenters. The Bertz CT molecular complexity index is 774. The van der Waals surface area contributed by atoms with E-state index in [9.17, 15) is 18.0 Å². The van der Waals surface area contributed by atoms with Crippen LogP contribution in [-0.2, 0) is 12.6 Å². The van der Waals surface area contributed by atoms with E-state index in [4.69, 9.17) is 0 Å². The van der Waals surface area contributed by atoms with Gasteiger partial charge in [0.25, 0.3) is 5.91 Å². The summed E-state index contributed by atoms with van der Waals surface area (Å²) in [7, 11) is 1.78. The van der Waals surface area contributed by atoms with Gasteiger partial charge in [-0.15, -0.1) is 5.10 Å². The lowest BCUT2D eigenvalue weighted by Crippen LogP contribution is -2.40. The summed E-state index contributed by atoms with van der Waals surface area (Å²) in [5, 5.41) is 5.46. The highest BCUT2D eigenvalue weighted by Gasteiger charge is 2.30. The number of piperidine rings is 1. The summed E-state index contributed by atoms with van der Waals surface area (Å²) in [4.78, 5) is 16.2. The summed E-state index contributed by atoms with van der Waals surface area (Å²) in [6.07, 6.45) is -1.76. The Kier molecular flexibility index (Phi) is 6.66. The van der Waals surface area contributed by atoms with E-state index < -0.39 is 11.7 Å². The average Bonchev–Trinajstić information content (AvgIpc) is 3.21. The first kappa shape index (κ1) is 20.7. The highest BCUT2D eigenvalue weighted by Crippen LogP contribution is 2.29. The third kappa shape index (κ3) is 5.51. The minimum Gasteiger partial charge on any atom is -0.340 e. The zero-order valence-corrected chi connectivity index (χ0v) is 16.5. The van der Waals surface area contributed by atoms with Gasteiger partial charge in [-0.25, -0.2) is 0 Å². The molecule has 2 aromatic rings. The molecule has 1 aliphatic heterocycles. The number of rotatable bonds is 6. The Hall–Kier alpha value is -2.00. The van der Waals surface area contributed by atoms with Crippen LogP contribution in [0, 0.1) is 5.92 Å². The van der Waals surface area contributed by atoms with Crippen molar-refractivity contribution in [1.82, 2.24) is 19.4 Å². The second kappa shape index (κ2) is 9.00. The normalized spacial score (nSPS) is 16.3. The number of carbonyl (C=O) groups is 1. The molecule has 1 aliphatic rings. The van der Waals surface area contributed by atoms with Crippen LogP contribution in [0.25, 0.3) is 0 Å². The molecule has 0 radical (unpaired) electrons. The summed E-state index contributed by atoms with van der Waals surface area (Å²) in [6, 6.07) is 5.56. The highest BCUT2D eigenvalue weighted by molar-refractivity contribution is 7.03. The molecule has 0 unspecified atom stereocenters. The van der Waals surface area contributed by atoms with E-state index in [0.29, 0.717) is 30.1 Å². The molecule has 5 nitrogen and oxygen atoms in total. The molecule has 0 bridgehead atoms. The fourth-order valence-corrected chi connectivity index (χ4v) is 3.94. The van der Waals surface area contributed by atoms with Crippen molar-refractivity contribution in [3.8, 4) is 0 Å². The number of aromatic nitrogens is 2. The number of nitrogens with zero attached hydrogens (tertiary/aromatic N) is 4. The van der Waals surface area contributed by atoms with Gasteiger partial charge < -0.3 is 9.80 Å². The van der Waals surface area contributed by atoms with Gasteiger partial charge in [0.15, 0.2) is 5.69 Å². The molecule has 2 heterocycles. The van der Waals surface area contributed by atoms with Gasteiger partial charge in [-0.2, -0.15) is 13.2 Å². The number of likely N-dealkylation sites (tertiary alicyclic amines) is 1. The van der Waals surface area contributed by atoms with Crippen molar-refractivity contribution in [3.63, 3.8) is 0 Å². The molecule has 1 aromatic heterocycles. The number of carbonyl (C=O) groups excluding carboxylic acids is 1. The quantitative estimate of drug-likeness (QED) is 0.728. The first-order valence-corrected chi connectivity index (χ1v) is 10.1. The van der Waals surface area contributed by atoms with Crippen molar-refractivity contribution in [1.29, 1.82) is 0 Å². The Morgan fingerprint density at radius 3 is 2.71 bits per heavy atom. The second-order valence-electron chi connectivity index (χ2n) is 7.21. The van der Waals surface area contributed by atoms with Gasteiger partial charge >= 0.3 is 6.18 Å². The number of hydrogen-bond donors (Lipinski definition) is 0. The van der Waals surface area contributed by atoms with Gasteiger partial charge in [0.05, 0.1) is 5.56 Å². The van der Waals surface area contributed by atoms with Crippen LogP contribution in [0.1, 0.15) is 34.5 Å². The molecule has 0 saturated carbocycles. The van der Waals surface area contributed by atoms with Crippen molar-refractivity contribution < 1.29 is 18.0 Å². The van der Waals surface area contributed by atoms with Crippen LogP contribution in [-0.4, -0.2) is 58.5 Å². The summed E-state index contributed by atoms with van der Waals surface area (Å²) in [5.74, 6) is 0.311. The number of alkyl halides is 3. The molecular weight excluding hydrogens is 389 g/mol. The number of halogens is 3.